The highest BCUT2D eigenvalue weighted by Gasteiger charge is 2.21. The molecule has 1 amide bonds. The summed E-state index contributed by atoms with van der Waals surface area (Å²) in [6.45, 7) is 1.80. The number of carbonyl (C=O) groups excluding carboxylic acids is 1. The van der Waals surface area contributed by atoms with Gasteiger partial charge in [-0.1, -0.05) is 18.2 Å². The van der Waals surface area contributed by atoms with E-state index in [4.69, 9.17) is 4.42 Å². The van der Waals surface area contributed by atoms with Crippen LogP contribution in [0, 0.1) is 11.8 Å². The maximum Gasteiger partial charge on any atom is 0.251 e. The fourth-order valence-electron chi connectivity index (χ4n) is 3.90. The number of benzene rings is 2. The van der Waals surface area contributed by atoms with Crippen molar-refractivity contribution in [2.45, 2.75) is 25.7 Å². The van der Waals surface area contributed by atoms with Gasteiger partial charge in [-0.25, -0.2) is 0 Å². The van der Waals surface area contributed by atoms with Gasteiger partial charge in [-0.05, 0) is 73.9 Å². The summed E-state index contributed by atoms with van der Waals surface area (Å²) in [6.07, 6.45) is 6.46. The highest BCUT2D eigenvalue weighted by molar-refractivity contribution is 5.97. The molecule has 4 rings (SSSR count). The van der Waals surface area contributed by atoms with E-state index in [0.717, 1.165) is 30.0 Å². The van der Waals surface area contributed by atoms with Crippen LogP contribution in [0.3, 0.4) is 0 Å². The van der Waals surface area contributed by atoms with Gasteiger partial charge in [-0.3, -0.25) is 4.79 Å². The van der Waals surface area contributed by atoms with Crippen LogP contribution in [0.2, 0.25) is 0 Å². The summed E-state index contributed by atoms with van der Waals surface area (Å²) in [6, 6.07) is 17.8. The van der Waals surface area contributed by atoms with Gasteiger partial charge in [0.2, 0.25) is 0 Å². The molecule has 4 heteroatoms. The number of carbonyl (C=O) groups is 1. The van der Waals surface area contributed by atoms with E-state index in [1.54, 1.807) is 6.26 Å². The number of para-hydroxylation sites is 1. The Kier molecular flexibility index (Phi) is 5.42. The molecule has 1 aromatic heterocycles. The average Bonchev–Trinajstić information content (AvgIpc) is 3.20. The number of hydrogen-bond donors (Lipinski definition) is 2. The van der Waals surface area contributed by atoms with Crippen LogP contribution in [-0.4, -0.2) is 19.0 Å². The summed E-state index contributed by atoms with van der Waals surface area (Å²) < 4.78 is 5.33. The third-order valence-electron chi connectivity index (χ3n) is 5.60. The molecule has 140 valence electrons. The first-order valence-electron chi connectivity index (χ1n) is 9.82. The maximum atomic E-state index is 12.4. The molecule has 1 fully saturated rings. The Morgan fingerprint density at radius 2 is 1.67 bits per heavy atom. The molecule has 0 atom stereocenters. The van der Waals surface area contributed by atoms with Crippen molar-refractivity contribution >= 4 is 22.6 Å². The maximum absolute atomic E-state index is 12.4. The third-order valence-corrected chi connectivity index (χ3v) is 5.60. The largest absolute Gasteiger partial charge is 0.464 e. The minimum Gasteiger partial charge on any atom is -0.464 e. The fraction of sp³-hybridized carbons (Fsp3) is 0.348. The molecule has 1 heterocycles. The van der Waals surface area contributed by atoms with E-state index >= 15 is 0 Å². The monoisotopic (exact) mass is 362 g/mol. The van der Waals surface area contributed by atoms with Crippen molar-refractivity contribution in [1.29, 1.82) is 0 Å². The van der Waals surface area contributed by atoms with Crippen molar-refractivity contribution in [3.63, 3.8) is 0 Å². The van der Waals surface area contributed by atoms with Gasteiger partial charge in [0.05, 0.1) is 6.26 Å². The van der Waals surface area contributed by atoms with Crippen molar-refractivity contribution in [2.75, 3.05) is 18.4 Å². The lowest BCUT2D eigenvalue weighted by molar-refractivity contribution is 0.0942. The molecule has 27 heavy (non-hydrogen) atoms. The van der Waals surface area contributed by atoms with E-state index in [2.05, 4.69) is 34.9 Å². The van der Waals surface area contributed by atoms with Crippen molar-refractivity contribution in [1.82, 2.24) is 5.32 Å². The predicted octanol–water partition coefficient (Wildman–Crippen LogP) is 5.08. The standard InChI is InChI=1S/C23H26N2O2/c26-23(20-10-11-22-19(14-20)12-13-27-22)25-16-18-8-6-17(7-9-18)15-24-21-4-2-1-3-5-21/h1-5,10-14,17-18,24H,6-9,15-16H2,(H,25,26)/t17-,18-. The van der Waals surface area contributed by atoms with Crippen molar-refractivity contribution in [2.24, 2.45) is 11.8 Å². The molecule has 0 spiro atoms. The SMILES string of the molecule is O=C(NC[C@H]1CC[C@H](CNc2ccccc2)CC1)c1ccc2occc2c1. The highest BCUT2D eigenvalue weighted by Crippen LogP contribution is 2.28. The van der Waals surface area contributed by atoms with Crippen LogP contribution in [0.1, 0.15) is 36.0 Å². The van der Waals surface area contributed by atoms with Crippen molar-refractivity contribution < 1.29 is 9.21 Å². The Balaban J connectivity index is 1.20. The minimum atomic E-state index is 0.00553. The zero-order chi connectivity index (χ0) is 18.5. The lowest BCUT2D eigenvalue weighted by Crippen LogP contribution is -2.32. The predicted molar refractivity (Wildman–Crippen MR) is 109 cm³/mol. The molecular weight excluding hydrogens is 336 g/mol. The van der Waals surface area contributed by atoms with E-state index in [1.807, 2.05) is 30.3 Å². The fourth-order valence-corrected chi connectivity index (χ4v) is 3.90. The lowest BCUT2D eigenvalue weighted by Gasteiger charge is -2.29. The van der Waals surface area contributed by atoms with Gasteiger partial charge in [0, 0.05) is 29.7 Å². The number of fused-ring (bicyclic) bond motifs is 1. The van der Waals surface area contributed by atoms with Crippen LogP contribution in [0.15, 0.2) is 65.3 Å². The van der Waals surface area contributed by atoms with E-state index < -0.39 is 0 Å². The van der Waals surface area contributed by atoms with Gasteiger partial charge >= 0.3 is 0 Å². The topological polar surface area (TPSA) is 54.3 Å². The molecule has 0 saturated heterocycles. The van der Waals surface area contributed by atoms with Gasteiger partial charge in [0.1, 0.15) is 5.58 Å². The van der Waals surface area contributed by atoms with E-state index in [0.29, 0.717) is 11.5 Å². The van der Waals surface area contributed by atoms with Gasteiger partial charge < -0.3 is 15.1 Å². The van der Waals surface area contributed by atoms with Crippen molar-refractivity contribution in [3.05, 3.63) is 66.4 Å². The molecule has 1 saturated carbocycles. The molecule has 4 nitrogen and oxygen atoms in total. The van der Waals surface area contributed by atoms with Crippen LogP contribution >= 0.6 is 0 Å². The van der Waals surface area contributed by atoms with Gasteiger partial charge in [-0.15, -0.1) is 0 Å². The molecule has 2 N–H and O–H groups in total. The normalized spacial score (nSPS) is 19.7. The Hall–Kier alpha value is -2.75. The van der Waals surface area contributed by atoms with E-state index in [-0.39, 0.29) is 5.91 Å². The van der Waals surface area contributed by atoms with Crippen LogP contribution in [0.4, 0.5) is 5.69 Å². The number of rotatable bonds is 6. The smallest absolute Gasteiger partial charge is 0.251 e. The summed E-state index contributed by atoms with van der Waals surface area (Å²) in [5.74, 6) is 1.31. The number of amides is 1. The molecule has 0 bridgehead atoms. The highest BCUT2D eigenvalue weighted by atomic mass is 16.3. The quantitative estimate of drug-likeness (QED) is 0.643. The molecule has 0 unspecified atom stereocenters. The molecule has 3 aromatic rings. The molecule has 1 aliphatic rings. The molecule has 0 radical (unpaired) electrons. The number of furan rings is 1. The second-order valence-corrected chi connectivity index (χ2v) is 7.52. The summed E-state index contributed by atoms with van der Waals surface area (Å²) >= 11 is 0. The summed E-state index contributed by atoms with van der Waals surface area (Å²) in [5.41, 5.74) is 2.71. The molecule has 2 aromatic carbocycles. The van der Waals surface area contributed by atoms with E-state index in [1.165, 1.54) is 31.4 Å². The van der Waals surface area contributed by atoms with Crippen LogP contribution < -0.4 is 10.6 Å². The molecular formula is C23H26N2O2. The van der Waals surface area contributed by atoms with Gasteiger partial charge in [0.15, 0.2) is 0 Å². The number of hydrogen-bond acceptors (Lipinski definition) is 3. The first-order valence-corrected chi connectivity index (χ1v) is 9.82. The Morgan fingerprint density at radius 3 is 2.44 bits per heavy atom. The summed E-state index contributed by atoms with van der Waals surface area (Å²) in [4.78, 5) is 12.4. The first-order chi connectivity index (χ1) is 13.3. The zero-order valence-corrected chi connectivity index (χ0v) is 15.5. The number of anilines is 1. The summed E-state index contributed by atoms with van der Waals surface area (Å²) in [7, 11) is 0. The zero-order valence-electron chi connectivity index (χ0n) is 15.5. The first kappa shape index (κ1) is 17.7. The second kappa shape index (κ2) is 8.30. The average molecular weight is 362 g/mol. The van der Waals surface area contributed by atoms with Gasteiger partial charge in [0.25, 0.3) is 5.91 Å². The Morgan fingerprint density at radius 1 is 0.926 bits per heavy atom. The van der Waals surface area contributed by atoms with E-state index in [9.17, 15) is 4.79 Å². The van der Waals surface area contributed by atoms with Crippen molar-refractivity contribution in [3.8, 4) is 0 Å². The summed E-state index contributed by atoms with van der Waals surface area (Å²) in [5, 5.41) is 7.62. The second-order valence-electron chi connectivity index (χ2n) is 7.52. The third kappa shape index (κ3) is 4.51. The van der Waals surface area contributed by atoms with Crippen LogP contribution in [0.25, 0.3) is 11.0 Å². The van der Waals surface area contributed by atoms with Crippen LogP contribution in [0.5, 0.6) is 0 Å². The molecule has 1 aliphatic carbocycles. The minimum absolute atomic E-state index is 0.00553. The van der Waals surface area contributed by atoms with Gasteiger partial charge in [-0.2, -0.15) is 0 Å². The Bertz CT molecular complexity index is 880. The Labute approximate surface area is 160 Å². The van der Waals surface area contributed by atoms with Crippen LogP contribution in [-0.2, 0) is 0 Å². The number of nitrogens with one attached hydrogen (secondary N) is 2. The molecule has 0 aliphatic heterocycles. The lowest BCUT2D eigenvalue weighted by atomic mass is 9.82.